The third-order valence-corrected chi connectivity index (χ3v) is 3.71. The Morgan fingerprint density at radius 3 is 2.80 bits per heavy atom. The van der Waals surface area contributed by atoms with Crippen LogP contribution in [0.25, 0.3) is 0 Å². The molecule has 1 aromatic heterocycles. The number of nitrogens with one attached hydrogen (secondary N) is 1. The van der Waals surface area contributed by atoms with Crippen LogP contribution >= 0.6 is 0 Å². The van der Waals surface area contributed by atoms with Crippen LogP contribution < -0.4 is 4.72 Å². The summed E-state index contributed by atoms with van der Waals surface area (Å²) >= 11 is 0. The lowest BCUT2D eigenvalue weighted by Crippen LogP contribution is -2.25. The molecule has 0 aliphatic heterocycles. The molecule has 0 aliphatic rings. The summed E-state index contributed by atoms with van der Waals surface area (Å²) < 4.78 is 43.8. The molecule has 0 radical (unpaired) electrons. The quantitative estimate of drug-likeness (QED) is 0.818. The van der Waals surface area contributed by atoms with Gasteiger partial charge in [-0.2, -0.15) is 4.98 Å². The van der Waals surface area contributed by atoms with Crippen molar-refractivity contribution in [2.75, 3.05) is 0 Å². The predicted molar refractivity (Wildman–Crippen MR) is 61.7 cm³/mol. The molecule has 20 heavy (non-hydrogen) atoms. The van der Waals surface area contributed by atoms with Crippen LogP contribution in [-0.2, 0) is 16.6 Å². The molecule has 10 heteroatoms. The van der Waals surface area contributed by atoms with Crippen molar-refractivity contribution < 1.29 is 27.2 Å². The number of halogens is 1. The Kier molecular flexibility index (Phi) is 3.77. The Morgan fingerprint density at radius 1 is 1.45 bits per heavy atom. The third kappa shape index (κ3) is 2.97. The highest BCUT2D eigenvalue weighted by Crippen LogP contribution is 2.16. The van der Waals surface area contributed by atoms with E-state index in [1.165, 1.54) is 0 Å². The highest BCUT2D eigenvalue weighted by Gasteiger charge is 2.21. The van der Waals surface area contributed by atoms with Gasteiger partial charge in [-0.3, -0.25) is 0 Å². The van der Waals surface area contributed by atoms with Gasteiger partial charge < -0.3 is 9.63 Å². The zero-order valence-corrected chi connectivity index (χ0v) is 10.6. The van der Waals surface area contributed by atoms with Crippen LogP contribution in [0.15, 0.2) is 34.0 Å². The largest absolute Gasteiger partial charge is 0.478 e. The summed E-state index contributed by atoms with van der Waals surface area (Å²) in [7, 11) is -4.23. The topological polar surface area (TPSA) is 122 Å². The number of aromatic carboxylic acids is 1. The maximum atomic E-state index is 13.5. The van der Waals surface area contributed by atoms with Crippen LogP contribution in [0.4, 0.5) is 4.39 Å². The van der Waals surface area contributed by atoms with Gasteiger partial charge in [0.15, 0.2) is 5.82 Å². The van der Waals surface area contributed by atoms with Crippen molar-refractivity contribution in [3.05, 3.63) is 41.8 Å². The first-order valence-electron chi connectivity index (χ1n) is 5.18. The molecule has 0 amide bonds. The number of carboxylic acids is 1. The van der Waals surface area contributed by atoms with E-state index in [0.29, 0.717) is 0 Å². The number of rotatable bonds is 5. The number of hydrogen-bond acceptors (Lipinski definition) is 6. The molecule has 2 aromatic rings. The van der Waals surface area contributed by atoms with Crippen molar-refractivity contribution in [2.45, 2.75) is 11.4 Å². The second kappa shape index (κ2) is 5.35. The molecule has 2 rings (SSSR count). The number of benzene rings is 1. The molecule has 0 unspecified atom stereocenters. The van der Waals surface area contributed by atoms with Crippen molar-refractivity contribution in [1.29, 1.82) is 0 Å². The number of hydrogen-bond donors (Lipinski definition) is 2. The van der Waals surface area contributed by atoms with E-state index in [0.717, 1.165) is 24.6 Å². The first-order chi connectivity index (χ1) is 9.40. The number of carboxylic acid groups (broad SMARTS) is 1. The van der Waals surface area contributed by atoms with E-state index >= 15 is 0 Å². The zero-order valence-electron chi connectivity index (χ0n) is 9.78. The second-order valence-corrected chi connectivity index (χ2v) is 5.36. The third-order valence-electron chi connectivity index (χ3n) is 2.29. The lowest BCUT2D eigenvalue weighted by atomic mass is 10.2. The average molecular weight is 301 g/mol. The van der Waals surface area contributed by atoms with Gasteiger partial charge in [0.1, 0.15) is 10.7 Å². The first-order valence-corrected chi connectivity index (χ1v) is 6.66. The summed E-state index contributed by atoms with van der Waals surface area (Å²) in [6.07, 6.45) is 1.01. The summed E-state index contributed by atoms with van der Waals surface area (Å²) in [4.78, 5) is 13.6. The number of sulfonamides is 1. The van der Waals surface area contributed by atoms with Crippen LogP contribution in [0, 0.1) is 5.82 Å². The van der Waals surface area contributed by atoms with E-state index in [2.05, 4.69) is 14.7 Å². The van der Waals surface area contributed by atoms with Crippen molar-refractivity contribution >= 4 is 16.0 Å². The molecule has 1 heterocycles. The van der Waals surface area contributed by atoms with Gasteiger partial charge in [0.05, 0.1) is 12.1 Å². The van der Waals surface area contributed by atoms with Crippen LogP contribution in [0.5, 0.6) is 0 Å². The second-order valence-electron chi connectivity index (χ2n) is 3.62. The van der Waals surface area contributed by atoms with E-state index in [1.54, 1.807) is 0 Å². The summed E-state index contributed by atoms with van der Waals surface area (Å²) in [5.41, 5.74) is -0.341. The fourth-order valence-corrected chi connectivity index (χ4v) is 2.43. The van der Waals surface area contributed by atoms with E-state index < -0.39 is 26.7 Å². The average Bonchev–Trinajstić information content (AvgIpc) is 2.89. The number of nitrogens with zero attached hydrogens (tertiary/aromatic N) is 2. The molecule has 8 nitrogen and oxygen atoms in total. The Hall–Kier alpha value is -2.33. The van der Waals surface area contributed by atoms with Crippen molar-refractivity contribution in [2.24, 2.45) is 0 Å². The van der Waals surface area contributed by atoms with E-state index in [4.69, 9.17) is 5.11 Å². The zero-order chi connectivity index (χ0) is 14.8. The Labute approximate surface area is 112 Å². The maximum absolute atomic E-state index is 13.5. The number of aromatic nitrogens is 2. The summed E-state index contributed by atoms with van der Waals surface area (Å²) in [6, 6.07) is 2.47. The van der Waals surface area contributed by atoms with Crippen LogP contribution in [0.1, 0.15) is 16.2 Å². The minimum Gasteiger partial charge on any atom is -0.478 e. The molecule has 106 valence electrons. The van der Waals surface area contributed by atoms with Crippen LogP contribution in [0.2, 0.25) is 0 Å². The van der Waals surface area contributed by atoms with Gasteiger partial charge in [0.2, 0.25) is 16.4 Å². The molecule has 0 saturated carbocycles. The SMILES string of the molecule is O=C(O)c1ccc(F)c(S(=O)(=O)NCc2ncon2)c1. The molecular formula is C10H8FN3O5S. The van der Waals surface area contributed by atoms with Gasteiger partial charge in [-0.1, -0.05) is 5.16 Å². The lowest BCUT2D eigenvalue weighted by Gasteiger charge is -2.06. The predicted octanol–water partition coefficient (Wildman–Crippen LogP) is 0.385. The summed E-state index contributed by atoms with van der Waals surface area (Å²) in [5, 5.41) is 12.2. The maximum Gasteiger partial charge on any atom is 0.335 e. The molecule has 1 aromatic carbocycles. The smallest absolute Gasteiger partial charge is 0.335 e. The van der Waals surface area contributed by atoms with Gasteiger partial charge >= 0.3 is 5.97 Å². The molecule has 0 atom stereocenters. The Bertz CT molecular complexity index is 729. The van der Waals surface area contributed by atoms with Gasteiger partial charge in [0.25, 0.3) is 0 Å². The first kappa shape index (κ1) is 14.1. The van der Waals surface area contributed by atoms with Crippen LogP contribution in [-0.4, -0.2) is 29.6 Å². The van der Waals surface area contributed by atoms with E-state index in [1.807, 2.05) is 4.72 Å². The van der Waals surface area contributed by atoms with Crippen molar-refractivity contribution in [3.63, 3.8) is 0 Å². The van der Waals surface area contributed by atoms with Gasteiger partial charge in [0, 0.05) is 0 Å². The monoisotopic (exact) mass is 301 g/mol. The highest BCUT2D eigenvalue weighted by molar-refractivity contribution is 7.89. The van der Waals surface area contributed by atoms with Crippen molar-refractivity contribution in [1.82, 2.24) is 14.9 Å². The molecular weight excluding hydrogens is 293 g/mol. The van der Waals surface area contributed by atoms with Gasteiger partial charge in [-0.25, -0.2) is 22.3 Å². The molecule has 2 N–H and O–H groups in total. The van der Waals surface area contributed by atoms with Crippen molar-refractivity contribution in [3.8, 4) is 0 Å². The molecule has 0 aliphatic carbocycles. The Morgan fingerprint density at radius 2 is 2.20 bits per heavy atom. The van der Waals surface area contributed by atoms with Gasteiger partial charge in [-0.15, -0.1) is 0 Å². The molecule has 0 fully saturated rings. The van der Waals surface area contributed by atoms with E-state index in [9.17, 15) is 17.6 Å². The fourth-order valence-electron chi connectivity index (χ4n) is 1.35. The fraction of sp³-hybridized carbons (Fsp3) is 0.100. The lowest BCUT2D eigenvalue weighted by molar-refractivity contribution is 0.0696. The highest BCUT2D eigenvalue weighted by atomic mass is 32.2. The Balaban J connectivity index is 2.28. The standard InChI is InChI=1S/C10H8FN3O5S/c11-7-2-1-6(10(15)16)3-8(7)20(17,18)13-4-9-12-5-19-14-9/h1-3,5,13H,4H2,(H,15,16). The van der Waals surface area contributed by atoms with Crippen LogP contribution in [0.3, 0.4) is 0 Å². The summed E-state index contributed by atoms with van der Waals surface area (Å²) in [5.74, 6) is -2.36. The summed E-state index contributed by atoms with van der Waals surface area (Å²) in [6.45, 7) is -0.310. The van der Waals surface area contributed by atoms with E-state index in [-0.39, 0.29) is 17.9 Å². The molecule has 0 bridgehead atoms. The van der Waals surface area contributed by atoms with Gasteiger partial charge in [-0.05, 0) is 18.2 Å². The normalized spacial score (nSPS) is 11.4. The number of carbonyl (C=O) groups is 1. The molecule has 0 saturated heterocycles. The minimum absolute atomic E-state index is 0.0587. The molecule has 0 spiro atoms. The minimum atomic E-state index is -4.23.